The number of methoxy groups -OCH3 is 1. The van der Waals surface area contributed by atoms with Crippen LogP contribution < -0.4 is 9.64 Å². The van der Waals surface area contributed by atoms with Gasteiger partial charge in [-0.25, -0.2) is 4.98 Å². The molecule has 5 heteroatoms. The Morgan fingerprint density at radius 2 is 2.13 bits per heavy atom. The quantitative estimate of drug-likeness (QED) is 0.871. The lowest BCUT2D eigenvalue weighted by Gasteiger charge is -2.21. The zero-order chi connectivity index (χ0) is 16.2. The third-order valence-corrected chi connectivity index (χ3v) is 4.14. The zero-order valence-electron chi connectivity index (χ0n) is 13.5. The van der Waals surface area contributed by atoms with E-state index in [4.69, 9.17) is 4.74 Å². The van der Waals surface area contributed by atoms with Crippen LogP contribution >= 0.6 is 0 Å². The lowest BCUT2D eigenvalue weighted by molar-refractivity contribution is -0.130. The number of anilines is 1. The average Bonchev–Trinajstić information content (AvgIpc) is 2.75. The van der Waals surface area contributed by atoms with Crippen LogP contribution in [0.1, 0.15) is 11.1 Å². The number of pyridine rings is 1. The van der Waals surface area contributed by atoms with E-state index in [-0.39, 0.29) is 5.91 Å². The standard InChI is InChI=1S/C18H21N3O2/c1-20-9-10-21(13-15-6-4-8-19-18(15)20)17(22)12-14-5-3-7-16(11-14)23-2/h3-8,11H,9-10,12-13H2,1-2H3. The van der Waals surface area contributed by atoms with Crippen LogP contribution in [0, 0.1) is 0 Å². The van der Waals surface area contributed by atoms with E-state index >= 15 is 0 Å². The van der Waals surface area contributed by atoms with Crippen LogP contribution in [0.4, 0.5) is 5.82 Å². The first-order chi connectivity index (χ1) is 11.2. The summed E-state index contributed by atoms with van der Waals surface area (Å²) < 4.78 is 5.22. The molecule has 1 aromatic heterocycles. The third kappa shape index (κ3) is 3.44. The number of aromatic nitrogens is 1. The summed E-state index contributed by atoms with van der Waals surface area (Å²) in [5, 5.41) is 0. The van der Waals surface area contributed by atoms with E-state index in [1.165, 1.54) is 0 Å². The van der Waals surface area contributed by atoms with Gasteiger partial charge in [-0.1, -0.05) is 18.2 Å². The molecule has 1 aliphatic heterocycles. The predicted molar refractivity (Wildman–Crippen MR) is 89.6 cm³/mol. The Kier molecular flexibility index (Phi) is 4.46. The van der Waals surface area contributed by atoms with Crippen LogP contribution in [0.5, 0.6) is 5.75 Å². The lowest BCUT2D eigenvalue weighted by atomic mass is 10.1. The minimum Gasteiger partial charge on any atom is -0.497 e. The molecule has 1 aliphatic rings. The maximum Gasteiger partial charge on any atom is 0.227 e. The largest absolute Gasteiger partial charge is 0.497 e. The molecule has 0 radical (unpaired) electrons. The number of hydrogen-bond donors (Lipinski definition) is 0. The zero-order valence-corrected chi connectivity index (χ0v) is 13.5. The summed E-state index contributed by atoms with van der Waals surface area (Å²) in [7, 11) is 3.65. The van der Waals surface area contributed by atoms with E-state index in [0.717, 1.165) is 29.2 Å². The summed E-state index contributed by atoms with van der Waals surface area (Å²) in [5.41, 5.74) is 2.06. The smallest absolute Gasteiger partial charge is 0.227 e. The van der Waals surface area contributed by atoms with Gasteiger partial charge in [-0.15, -0.1) is 0 Å². The van der Waals surface area contributed by atoms with E-state index in [9.17, 15) is 4.79 Å². The molecule has 120 valence electrons. The van der Waals surface area contributed by atoms with E-state index in [2.05, 4.69) is 9.88 Å². The summed E-state index contributed by atoms with van der Waals surface area (Å²) in [5.74, 6) is 1.87. The van der Waals surface area contributed by atoms with Crippen LogP contribution in [-0.4, -0.2) is 43.0 Å². The van der Waals surface area contributed by atoms with E-state index in [0.29, 0.717) is 19.5 Å². The van der Waals surface area contributed by atoms with Crippen LogP contribution in [0.2, 0.25) is 0 Å². The monoisotopic (exact) mass is 311 g/mol. The Labute approximate surface area is 136 Å². The third-order valence-electron chi connectivity index (χ3n) is 4.14. The first-order valence-corrected chi connectivity index (χ1v) is 7.73. The molecule has 0 spiro atoms. The van der Waals surface area contributed by atoms with E-state index in [1.54, 1.807) is 13.3 Å². The van der Waals surface area contributed by atoms with Crippen molar-refractivity contribution in [2.45, 2.75) is 13.0 Å². The van der Waals surface area contributed by atoms with Crippen molar-refractivity contribution in [2.24, 2.45) is 0 Å². The summed E-state index contributed by atoms with van der Waals surface area (Å²) in [6.45, 7) is 2.10. The van der Waals surface area contributed by atoms with E-state index < -0.39 is 0 Å². The summed E-state index contributed by atoms with van der Waals surface area (Å²) in [6.07, 6.45) is 2.18. The second-order valence-corrected chi connectivity index (χ2v) is 5.75. The van der Waals surface area contributed by atoms with Gasteiger partial charge < -0.3 is 14.5 Å². The topological polar surface area (TPSA) is 45.7 Å². The molecule has 5 nitrogen and oxygen atoms in total. The molecule has 0 aliphatic carbocycles. The van der Waals surface area contributed by atoms with Crippen molar-refractivity contribution in [2.75, 3.05) is 32.1 Å². The molecule has 0 atom stereocenters. The molecule has 0 bridgehead atoms. The molecule has 2 aromatic rings. The fourth-order valence-electron chi connectivity index (χ4n) is 2.84. The molecule has 0 unspecified atom stereocenters. The highest BCUT2D eigenvalue weighted by atomic mass is 16.5. The number of fused-ring (bicyclic) bond motifs is 1. The van der Waals surface area contributed by atoms with Crippen LogP contribution in [0.15, 0.2) is 42.6 Å². The molecule has 0 saturated heterocycles. The molecule has 2 heterocycles. The maximum atomic E-state index is 12.7. The number of rotatable bonds is 3. The van der Waals surface area contributed by atoms with Crippen molar-refractivity contribution in [1.29, 1.82) is 0 Å². The number of carbonyl (C=O) groups excluding carboxylic acids is 1. The summed E-state index contributed by atoms with van der Waals surface area (Å²) in [4.78, 5) is 21.1. The van der Waals surface area contributed by atoms with Gasteiger partial charge in [0.2, 0.25) is 5.91 Å². The fourth-order valence-corrected chi connectivity index (χ4v) is 2.84. The van der Waals surface area contributed by atoms with Gasteiger partial charge in [0.25, 0.3) is 0 Å². The number of ether oxygens (including phenoxy) is 1. The first kappa shape index (κ1) is 15.3. The van der Waals surface area contributed by atoms with E-state index in [1.807, 2.05) is 48.3 Å². The summed E-state index contributed by atoms with van der Waals surface area (Å²) >= 11 is 0. The van der Waals surface area contributed by atoms with Gasteiger partial charge in [-0.3, -0.25) is 4.79 Å². The molecule has 0 fully saturated rings. The molecule has 1 amide bonds. The van der Waals surface area contributed by atoms with Crippen LogP contribution in [-0.2, 0) is 17.8 Å². The highest BCUT2D eigenvalue weighted by Crippen LogP contribution is 2.22. The highest BCUT2D eigenvalue weighted by molar-refractivity contribution is 5.79. The Morgan fingerprint density at radius 1 is 1.26 bits per heavy atom. The van der Waals surface area contributed by atoms with Crippen molar-refractivity contribution in [3.63, 3.8) is 0 Å². The molecule has 0 saturated carbocycles. The average molecular weight is 311 g/mol. The Balaban J connectivity index is 1.75. The van der Waals surface area contributed by atoms with Gasteiger partial charge in [-0.2, -0.15) is 0 Å². The number of amides is 1. The molecule has 3 rings (SSSR count). The van der Waals surface area contributed by atoms with Crippen molar-refractivity contribution in [1.82, 2.24) is 9.88 Å². The molecule has 23 heavy (non-hydrogen) atoms. The van der Waals surface area contributed by atoms with Crippen molar-refractivity contribution in [3.8, 4) is 5.75 Å². The number of carbonyl (C=O) groups is 1. The fraction of sp³-hybridized carbons (Fsp3) is 0.333. The lowest BCUT2D eigenvalue weighted by Crippen LogP contribution is -2.35. The maximum absolute atomic E-state index is 12.7. The van der Waals surface area contributed by atoms with Gasteiger partial charge >= 0.3 is 0 Å². The van der Waals surface area contributed by atoms with Gasteiger partial charge in [0.05, 0.1) is 13.5 Å². The summed E-state index contributed by atoms with van der Waals surface area (Å²) in [6, 6.07) is 11.6. The van der Waals surface area contributed by atoms with Crippen LogP contribution in [0.25, 0.3) is 0 Å². The number of benzene rings is 1. The van der Waals surface area contributed by atoms with Gasteiger partial charge in [0.1, 0.15) is 11.6 Å². The Bertz CT molecular complexity index is 702. The normalized spacial score (nSPS) is 14.2. The SMILES string of the molecule is COc1cccc(CC(=O)N2CCN(C)c3ncccc3C2)c1. The predicted octanol–water partition coefficient (Wildman–Crippen LogP) is 2.11. The van der Waals surface area contributed by atoms with Gasteiger partial charge in [-0.05, 0) is 23.8 Å². The second-order valence-electron chi connectivity index (χ2n) is 5.75. The Morgan fingerprint density at radius 3 is 2.96 bits per heavy atom. The number of hydrogen-bond acceptors (Lipinski definition) is 4. The number of nitrogens with zero attached hydrogens (tertiary/aromatic N) is 3. The van der Waals surface area contributed by atoms with Crippen molar-refractivity contribution in [3.05, 3.63) is 53.7 Å². The van der Waals surface area contributed by atoms with Gasteiger partial charge in [0.15, 0.2) is 0 Å². The van der Waals surface area contributed by atoms with Gasteiger partial charge in [0, 0.05) is 38.4 Å². The molecule has 0 N–H and O–H groups in total. The molecular formula is C18H21N3O2. The molecular weight excluding hydrogens is 290 g/mol. The molecule has 1 aromatic carbocycles. The first-order valence-electron chi connectivity index (χ1n) is 7.73. The number of likely N-dealkylation sites (N-methyl/N-ethyl adjacent to an activating group) is 1. The van der Waals surface area contributed by atoms with Crippen LogP contribution in [0.3, 0.4) is 0 Å². The minimum atomic E-state index is 0.128. The van der Waals surface area contributed by atoms with Crippen molar-refractivity contribution < 1.29 is 9.53 Å². The second kappa shape index (κ2) is 6.69. The Hall–Kier alpha value is -2.56. The highest BCUT2D eigenvalue weighted by Gasteiger charge is 2.22. The van der Waals surface area contributed by atoms with Crippen molar-refractivity contribution >= 4 is 11.7 Å². The minimum absolute atomic E-state index is 0.128.